The molecule has 0 aliphatic carbocycles. The molecule has 1 rings (SSSR count). The molecule has 1 aromatic carbocycles. The van der Waals surface area contributed by atoms with E-state index in [4.69, 9.17) is 10.1 Å². The highest BCUT2D eigenvalue weighted by Gasteiger charge is 2.07. The van der Waals surface area contributed by atoms with Crippen LogP contribution in [0.25, 0.3) is 0 Å². The van der Waals surface area contributed by atoms with Gasteiger partial charge in [0.05, 0.1) is 6.61 Å². The van der Waals surface area contributed by atoms with Gasteiger partial charge in [-0.2, -0.15) is 0 Å². The Morgan fingerprint density at radius 2 is 2.00 bits per heavy atom. The quantitative estimate of drug-likeness (QED) is 0.541. The summed E-state index contributed by atoms with van der Waals surface area (Å²) in [5, 5.41) is 20.0. The Bertz CT molecular complexity index is 218. The van der Waals surface area contributed by atoms with Gasteiger partial charge in [-0.05, 0) is 5.56 Å². The first kappa shape index (κ1) is 9.25. The summed E-state index contributed by atoms with van der Waals surface area (Å²) >= 11 is 0. The van der Waals surface area contributed by atoms with Crippen LogP contribution in [0.3, 0.4) is 0 Å². The molecule has 4 heteroatoms. The maximum Gasteiger partial charge on any atom is 0.393 e. The molecule has 1 atom stereocenters. The first-order valence-electron chi connectivity index (χ1n) is 3.76. The van der Waals surface area contributed by atoms with Gasteiger partial charge in [0.2, 0.25) is 0 Å². The number of benzene rings is 1. The van der Waals surface area contributed by atoms with Crippen LogP contribution in [0.4, 0.5) is 0 Å². The number of hydrogen-bond donors (Lipinski definition) is 3. The van der Waals surface area contributed by atoms with Crippen LogP contribution in [-0.4, -0.2) is 24.4 Å². The van der Waals surface area contributed by atoms with E-state index in [-0.39, 0.29) is 12.6 Å². The van der Waals surface area contributed by atoms with E-state index in [0.29, 0.717) is 0 Å². The van der Waals surface area contributed by atoms with Gasteiger partial charge >= 0.3 is 7.62 Å². The lowest BCUT2D eigenvalue weighted by Crippen LogP contribution is -2.27. The van der Waals surface area contributed by atoms with Crippen molar-refractivity contribution in [2.24, 2.45) is 0 Å². The molecule has 1 radical (unpaired) electrons. The molecule has 0 saturated heterocycles. The maximum atomic E-state index is 8.92. The molecular formula is C8H11BNO2. The molecule has 0 saturated carbocycles. The zero-order valence-corrected chi connectivity index (χ0v) is 6.64. The van der Waals surface area contributed by atoms with Gasteiger partial charge in [0.1, 0.15) is 0 Å². The SMILES string of the molecule is O[B]N[C@H](CO)c1ccccc1. The van der Waals surface area contributed by atoms with Crippen molar-refractivity contribution >= 4 is 7.62 Å². The molecule has 1 aromatic rings. The summed E-state index contributed by atoms with van der Waals surface area (Å²) in [5.41, 5.74) is 0.949. The monoisotopic (exact) mass is 164 g/mol. The Hall–Kier alpha value is -0.835. The second-order valence-electron chi connectivity index (χ2n) is 2.44. The number of nitrogens with one attached hydrogen (secondary N) is 1. The van der Waals surface area contributed by atoms with Crippen LogP contribution in [0.1, 0.15) is 11.6 Å². The van der Waals surface area contributed by atoms with E-state index in [1.54, 1.807) is 0 Å². The van der Waals surface area contributed by atoms with Gasteiger partial charge < -0.3 is 15.4 Å². The van der Waals surface area contributed by atoms with Crippen molar-refractivity contribution in [1.29, 1.82) is 0 Å². The average molecular weight is 164 g/mol. The van der Waals surface area contributed by atoms with Crippen molar-refractivity contribution in [1.82, 2.24) is 5.23 Å². The Labute approximate surface area is 72.3 Å². The average Bonchev–Trinajstić information content (AvgIpc) is 2.15. The zero-order chi connectivity index (χ0) is 8.81. The lowest BCUT2D eigenvalue weighted by molar-refractivity contribution is 0.257. The topological polar surface area (TPSA) is 52.5 Å². The smallest absolute Gasteiger partial charge is 0.393 e. The zero-order valence-electron chi connectivity index (χ0n) is 6.64. The molecule has 12 heavy (non-hydrogen) atoms. The third-order valence-corrected chi connectivity index (χ3v) is 1.66. The summed E-state index contributed by atoms with van der Waals surface area (Å²) in [7, 11) is 0.841. The van der Waals surface area contributed by atoms with Crippen LogP contribution in [-0.2, 0) is 0 Å². The number of rotatable bonds is 4. The van der Waals surface area contributed by atoms with Crippen molar-refractivity contribution in [3.05, 3.63) is 35.9 Å². The van der Waals surface area contributed by atoms with E-state index in [1.807, 2.05) is 30.3 Å². The van der Waals surface area contributed by atoms with Gasteiger partial charge in [-0.3, -0.25) is 0 Å². The van der Waals surface area contributed by atoms with Gasteiger partial charge in [0.25, 0.3) is 0 Å². The molecular weight excluding hydrogens is 153 g/mol. The van der Waals surface area contributed by atoms with Crippen molar-refractivity contribution < 1.29 is 10.1 Å². The minimum atomic E-state index is -0.226. The third kappa shape index (κ3) is 2.34. The van der Waals surface area contributed by atoms with E-state index in [0.717, 1.165) is 13.2 Å². The van der Waals surface area contributed by atoms with Gasteiger partial charge in [-0.15, -0.1) is 0 Å². The minimum Gasteiger partial charge on any atom is -0.440 e. The Morgan fingerprint density at radius 3 is 2.50 bits per heavy atom. The molecule has 0 aromatic heterocycles. The summed E-state index contributed by atoms with van der Waals surface area (Å²) in [5.74, 6) is 0. The number of hydrogen-bond acceptors (Lipinski definition) is 3. The first-order valence-corrected chi connectivity index (χ1v) is 3.76. The predicted octanol–water partition coefficient (Wildman–Crippen LogP) is -0.164. The second-order valence-corrected chi connectivity index (χ2v) is 2.44. The standard InChI is InChI=1S/C8H11BNO2/c11-6-8(10-9-12)7-4-2-1-3-5-7/h1-5,8,10-12H,6H2/t8-/m1/s1. The van der Waals surface area contributed by atoms with Crippen molar-refractivity contribution in [3.63, 3.8) is 0 Å². The third-order valence-electron chi connectivity index (χ3n) is 1.66. The summed E-state index contributed by atoms with van der Waals surface area (Å²) < 4.78 is 0. The van der Waals surface area contributed by atoms with E-state index in [2.05, 4.69) is 5.23 Å². The van der Waals surface area contributed by atoms with Crippen LogP contribution in [0.15, 0.2) is 30.3 Å². The molecule has 3 N–H and O–H groups in total. The Kier molecular flexibility index (Phi) is 3.80. The highest BCUT2D eigenvalue weighted by Crippen LogP contribution is 2.10. The molecule has 63 valence electrons. The summed E-state index contributed by atoms with van der Waals surface area (Å²) in [4.78, 5) is 0. The molecule has 3 nitrogen and oxygen atoms in total. The van der Waals surface area contributed by atoms with Gasteiger partial charge in [-0.1, -0.05) is 30.3 Å². The lowest BCUT2D eigenvalue weighted by atomic mass is 10.1. The molecule has 0 spiro atoms. The fourth-order valence-electron chi connectivity index (χ4n) is 1.03. The molecule has 0 heterocycles. The molecule has 0 aliphatic rings. The number of aliphatic hydroxyl groups excluding tert-OH is 1. The van der Waals surface area contributed by atoms with Crippen LogP contribution >= 0.6 is 0 Å². The van der Waals surface area contributed by atoms with Gasteiger partial charge in [0, 0.05) is 6.04 Å². The largest absolute Gasteiger partial charge is 0.440 e. The maximum absolute atomic E-state index is 8.92. The van der Waals surface area contributed by atoms with E-state index < -0.39 is 0 Å². The van der Waals surface area contributed by atoms with Gasteiger partial charge in [-0.25, -0.2) is 0 Å². The van der Waals surface area contributed by atoms with Crippen molar-refractivity contribution in [3.8, 4) is 0 Å². The fraction of sp³-hybridized carbons (Fsp3) is 0.250. The second kappa shape index (κ2) is 4.93. The Morgan fingerprint density at radius 1 is 1.33 bits per heavy atom. The molecule has 0 unspecified atom stereocenters. The van der Waals surface area contributed by atoms with E-state index in [1.165, 1.54) is 0 Å². The fourth-order valence-corrected chi connectivity index (χ4v) is 1.03. The Balaban J connectivity index is 2.66. The van der Waals surface area contributed by atoms with E-state index in [9.17, 15) is 0 Å². The highest BCUT2D eigenvalue weighted by molar-refractivity contribution is 6.21. The normalized spacial score (nSPS) is 12.5. The van der Waals surface area contributed by atoms with Crippen molar-refractivity contribution in [2.45, 2.75) is 6.04 Å². The molecule has 0 aliphatic heterocycles. The van der Waals surface area contributed by atoms with Crippen LogP contribution < -0.4 is 5.23 Å². The molecule has 0 amide bonds. The van der Waals surface area contributed by atoms with E-state index >= 15 is 0 Å². The predicted molar refractivity (Wildman–Crippen MR) is 47.4 cm³/mol. The summed E-state index contributed by atoms with van der Waals surface area (Å²) in [6.45, 7) is -0.0406. The highest BCUT2D eigenvalue weighted by atomic mass is 16.3. The van der Waals surface area contributed by atoms with Crippen LogP contribution in [0.2, 0.25) is 0 Å². The lowest BCUT2D eigenvalue weighted by Gasteiger charge is -2.13. The van der Waals surface area contributed by atoms with Crippen LogP contribution in [0, 0.1) is 0 Å². The van der Waals surface area contributed by atoms with Crippen molar-refractivity contribution in [2.75, 3.05) is 6.61 Å². The molecule has 0 fully saturated rings. The first-order chi connectivity index (χ1) is 5.88. The minimum absolute atomic E-state index is 0.0406. The summed E-state index contributed by atoms with van der Waals surface area (Å²) in [6.07, 6.45) is 0. The van der Waals surface area contributed by atoms with Crippen LogP contribution in [0.5, 0.6) is 0 Å². The van der Waals surface area contributed by atoms with Gasteiger partial charge in [0.15, 0.2) is 0 Å². The molecule has 0 bridgehead atoms. The number of aliphatic hydroxyl groups is 1. The summed E-state index contributed by atoms with van der Waals surface area (Å²) in [6, 6.07) is 9.22.